The summed E-state index contributed by atoms with van der Waals surface area (Å²) >= 11 is -0.488. The van der Waals surface area contributed by atoms with E-state index in [9.17, 15) is 4.79 Å². The second-order valence-corrected chi connectivity index (χ2v) is 3.67. The summed E-state index contributed by atoms with van der Waals surface area (Å²) in [6, 6.07) is 0. The molecule has 8 heavy (non-hydrogen) atoms. The van der Waals surface area contributed by atoms with E-state index in [4.69, 9.17) is 0 Å². The van der Waals surface area contributed by atoms with Crippen LogP contribution < -0.4 is 0 Å². The molecule has 1 nitrogen and oxygen atoms in total. The molecule has 0 rings (SSSR count). The second kappa shape index (κ2) is 4.90. The van der Waals surface area contributed by atoms with Crippen LogP contribution in [0.3, 0.4) is 0 Å². The van der Waals surface area contributed by atoms with Crippen molar-refractivity contribution in [1.29, 1.82) is 0 Å². The van der Waals surface area contributed by atoms with Crippen molar-refractivity contribution >= 4 is 4.27 Å². The molecule has 0 aromatic carbocycles. The number of hydrogen-bond donors (Lipinski definition) is 0. The predicted octanol–water partition coefficient (Wildman–Crippen LogP) is 1.30. The van der Waals surface area contributed by atoms with Gasteiger partial charge >= 0.3 is 56.8 Å². The summed E-state index contributed by atoms with van der Waals surface area (Å²) in [7, 11) is 0. The van der Waals surface area contributed by atoms with Gasteiger partial charge in [0, 0.05) is 0 Å². The Morgan fingerprint density at radius 1 is 1.50 bits per heavy atom. The van der Waals surface area contributed by atoms with E-state index in [0.717, 1.165) is 0 Å². The molecule has 0 aliphatic rings. The fraction of sp³-hybridized carbons (Fsp3) is 0.167. The van der Waals surface area contributed by atoms with Crippen molar-refractivity contribution in [2.45, 2.75) is 4.31 Å². The standard InChI is InChI=1S/C5H7.CO.Pt/c1-3-5-4-2;1-2;/h3-5H,1-2H2;;. The molecule has 0 saturated carbocycles. The van der Waals surface area contributed by atoms with Crippen LogP contribution in [0.15, 0.2) is 25.3 Å². The number of rotatable bonds is 3. The molecule has 0 unspecified atom stereocenters. The molecule has 0 spiro atoms. The van der Waals surface area contributed by atoms with Crippen LogP contribution in [0.25, 0.3) is 0 Å². The van der Waals surface area contributed by atoms with E-state index in [-0.39, 0.29) is 4.31 Å². The molecular formula is C6H7OPt. The molecule has 0 radical (unpaired) electrons. The predicted molar refractivity (Wildman–Crippen MR) is 29.8 cm³/mol. The first-order valence-electron chi connectivity index (χ1n) is 2.03. The summed E-state index contributed by atoms with van der Waals surface area (Å²) in [4.78, 5) is 9.76. The second-order valence-electron chi connectivity index (χ2n) is 1.03. The summed E-state index contributed by atoms with van der Waals surface area (Å²) in [6.45, 7) is 7.06. The zero-order valence-electron chi connectivity index (χ0n) is 4.37. The summed E-state index contributed by atoms with van der Waals surface area (Å²) < 4.78 is 2.10. The Hall–Kier alpha value is -0.252. The van der Waals surface area contributed by atoms with Gasteiger partial charge in [0.1, 0.15) is 0 Å². The van der Waals surface area contributed by atoms with Crippen molar-refractivity contribution in [2.75, 3.05) is 0 Å². The monoisotopic (exact) mass is 290 g/mol. The molecule has 0 aromatic rings. The fourth-order valence-corrected chi connectivity index (χ4v) is 1.06. The molecular weight excluding hydrogens is 283 g/mol. The van der Waals surface area contributed by atoms with Crippen LogP contribution in [0.5, 0.6) is 0 Å². The Bertz CT molecular complexity index is 125. The van der Waals surface area contributed by atoms with Gasteiger partial charge in [-0.25, -0.2) is 0 Å². The van der Waals surface area contributed by atoms with Gasteiger partial charge in [-0.3, -0.25) is 0 Å². The molecule has 0 atom stereocenters. The summed E-state index contributed by atoms with van der Waals surface area (Å²) in [5, 5.41) is 0. The molecule has 0 heterocycles. The van der Waals surface area contributed by atoms with Crippen LogP contribution >= 0.6 is 0 Å². The first-order valence-corrected chi connectivity index (χ1v) is 4.48. The van der Waals surface area contributed by atoms with E-state index in [1.807, 2.05) is 4.27 Å². The van der Waals surface area contributed by atoms with E-state index in [2.05, 4.69) is 13.2 Å². The SMILES string of the molecule is C=C[CH](C=C)[Pt]=[C]=O. The maximum atomic E-state index is 9.76. The molecule has 2 heteroatoms. The number of hydrogen-bond acceptors (Lipinski definition) is 1. The van der Waals surface area contributed by atoms with Crippen LogP contribution in [0.2, 0.25) is 4.31 Å². The Labute approximate surface area is 57.1 Å². The molecule has 0 saturated heterocycles. The van der Waals surface area contributed by atoms with Gasteiger partial charge in [-0.05, 0) is 0 Å². The molecule has 0 fully saturated rings. The molecule has 47 valence electrons. The summed E-state index contributed by atoms with van der Waals surface area (Å²) in [5.41, 5.74) is 0. The van der Waals surface area contributed by atoms with Gasteiger partial charge in [-0.1, -0.05) is 0 Å². The topological polar surface area (TPSA) is 17.1 Å². The van der Waals surface area contributed by atoms with Gasteiger partial charge in [0.25, 0.3) is 0 Å². The van der Waals surface area contributed by atoms with Crippen molar-refractivity contribution in [1.82, 2.24) is 0 Å². The fourth-order valence-electron chi connectivity index (χ4n) is 0.214. The van der Waals surface area contributed by atoms with E-state index in [0.29, 0.717) is 0 Å². The van der Waals surface area contributed by atoms with E-state index >= 15 is 0 Å². The quantitative estimate of drug-likeness (QED) is 0.716. The number of carbonyl (C=O) groups excluding carboxylic acids is 1. The van der Waals surface area contributed by atoms with Gasteiger partial charge in [-0.2, -0.15) is 0 Å². The van der Waals surface area contributed by atoms with Crippen LogP contribution in [0, 0.1) is 0 Å². The maximum absolute atomic E-state index is 9.76. The van der Waals surface area contributed by atoms with Crippen molar-refractivity contribution < 1.29 is 22.9 Å². The Kier molecular flexibility index (Phi) is 4.74. The van der Waals surface area contributed by atoms with Crippen LogP contribution in [-0.2, 0) is 22.9 Å². The zero-order chi connectivity index (χ0) is 6.41. The van der Waals surface area contributed by atoms with E-state index in [1.54, 1.807) is 12.2 Å². The third kappa shape index (κ3) is 2.85. The van der Waals surface area contributed by atoms with Crippen LogP contribution in [-0.4, -0.2) is 4.27 Å². The zero-order valence-corrected chi connectivity index (χ0v) is 6.64. The average molecular weight is 290 g/mol. The summed E-state index contributed by atoms with van der Waals surface area (Å²) in [5.74, 6) is 0. The minimum atomic E-state index is -0.488. The van der Waals surface area contributed by atoms with Crippen molar-refractivity contribution in [2.24, 2.45) is 0 Å². The molecule has 0 bridgehead atoms. The van der Waals surface area contributed by atoms with Crippen molar-refractivity contribution in [3.05, 3.63) is 25.3 Å². The molecule has 0 aliphatic carbocycles. The third-order valence-corrected chi connectivity index (χ3v) is 2.66. The molecule has 0 N–H and O–H groups in total. The van der Waals surface area contributed by atoms with Gasteiger partial charge in [0.2, 0.25) is 0 Å². The molecule has 0 aromatic heterocycles. The van der Waals surface area contributed by atoms with Crippen LogP contribution in [0.1, 0.15) is 0 Å². The van der Waals surface area contributed by atoms with Gasteiger partial charge < -0.3 is 0 Å². The molecule has 0 amide bonds. The average Bonchev–Trinajstić information content (AvgIpc) is 1.83. The normalized spacial score (nSPS) is 8.62. The molecule has 0 aliphatic heterocycles. The first-order chi connectivity index (χ1) is 3.85. The van der Waals surface area contributed by atoms with Gasteiger partial charge in [-0.15, -0.1) is 0 Å². The Balaban J connectivity index is 3.87. The minimum absolute atomic E-state index is 0.215. The van der Waals surface area contributed by atoms with Crippen molar-refractivity contribution in [3.63, 3.8) is 0 Å². The number of allylic oxidation sites excluding steroid dienone is 2. The Morgan fingerprint density at radius 2 is 2.00 bits per heavy atom. The van der Waals surface area contributed by atoms with Crippen molar-refractivity contribution in [3.8, 4) is 0 Å². The Morgan fingerprint density at radius 3 is 2.12 bits per heavy atom. The van der Waals surface area contributed by atoms with Gasteiger partial charge in [0.15, 0.2) is 0 Å². The first kappa shape index (κ1) is 7.75. The summed E-state index contributed by atoms with van der Waals surface area (Å²) in [6.07, 6.45) is 3.46. The van der Waals surface area contributed by atoms with Crippen LogP contribution in [0.4, 0.5) is 0 Å². The van der Waals surface area contributed by atoms with Gasteiger partial charge in [0.05, 0.1) is 0 Å². The third-order valence-electron chi connectivity index (χ3n) is 0.564. The van der Waals surface area contributed by atoms with E-state index in [1.165, 1.54) is 0 Å². The van der Waals surface area contributed by atoms with E-state index < -0.39 is 18.1 Å².